The summed E-state index contributed by atoms with van der Waals surface area (Å²) in [4.78, 5) is 41.7. The van der Waals surface area contributed by atoms with Crippen LogP contribution in [0.4, 0.5) is 23.7 Å². The lowest BCUT2D eigenvalue weighted by molar-refractivity contribution is -0.116. The molecule has 13 heteroatoms. The predicted molar refractivity (Wildman–Crippen MR) is 103 cm³/mol. The van der Waals surface area contributed by atoms with E-state index in [0.717, 1.165) is 21.9 Å². The first kappa shape index (κ1) is 23.2. The lowest BCUT2D eigenvalue weighted by atomic mass is 10.2. The first-order chi connectivity index (χ1) is 15.0. The molecule has 0 saturated carbocycles. The van der Waals surface area contributed by atoms with Crippen molar-refractivity contribution in [2.24, 2.45) is 0 Å². The van der Waals surface area contributed by atoms with Gasteiger partial charge in [-0.25, -0.2) is 27.9 Å². The summed E-state index contributed by atoms with van der Waals surface area (Å²) in [5, 5.41) is 0. The van der Waals surface area contributed by atoms with Crippen molar-refractivity contribution in [2.45, 2.75) is 23.9 Å². The third kappa shape index (κ3) is 4.42. The molecule has 0 spiro atoms. The Bertz CT molecular complexity index is 1170. The number of halogens is 3. The number of hydrogen-bond acceptors (Lipinski definition) is 7. The molecule has 9 nitrogen and oxygen atoms in total. The molecule has 0 radical (unpaired) electrons. The molecule has 0 bridgehead atoms. The van der Waals surface area contributed by atoms with E-state index >= 15 is 0 Å². The lowest BCUT2D eigenvalue weighted by Crippen LogP contribution is -2.33. The highest BCUT2D eigenvalue weighted by molar-refractivity contribution is 7.92. The van der Waals surface area contributed by atoms with E-state index in [1.165, 1.54) is 12.3 Å². The molecule has 1 aromatic carbocycles. The number of benzene rings is 1. The van der Waals surface area contributed by atoms with Crippen LogP contribution >= 0.6 is 0 Å². The fourth-order valence-corrected chi connectivity index (χ4v) is 3.71. The van der Waals surface area contributed by atoms with Gasteiger partial charge in [0.25, 0.3) is 15.7 Å². The number of pyridine rings is 1. The van der Waals surface area contributed by atoms with Crippen molar-refractivity contribution in [1.82, 2.24) is 9.88 Å². The number of amides is 3. The number of alkyl halides is 3. The number of anilines is 1. The number of carbonyl (C=O) groups is 3. The molecule has 3 rings (SSSR count). The minimum atomic E-state index is -5.55. The molecular formula is C19H16F3N3O6S. The molecule has 0 unspecified atom stereocenters. The van der Waals surface area contributed by atoms with Gasteiger partial charge in [-0.2, -0.15) is 13.2 Å². The number of hydrogen-bond donors (Lipinski definition) is 0. The van der Waals surface area contributed by atoms with Gasteiger partial charge in [-0.05, 0) is 48.9 Å². The average molecular weight is 471 g/mol. The quantitative estimate of drug-likeness (QED) is 0.470. The molecule has 1 aromatic heterocycles. The van der Waals surface area contributed by atoms with E-state index < -0.39 is 38.1 Å². The van der Waals surface area contributed by atoms with Crippen molar-refractivity contribution in [3.05, 3.63) is 53.9 Å². The summed E-state index contributed by atoms with van der Waals surface area (Å²) in [6, 6.07) is 5.45. The van der Waals surface area contributed by atoms with Crippen molar-refractivity contribution >= 4 is 33.4 Å². The largest absolute Gasteiger partial charge is 0.501 e. The zero-order chi connectivity index (χ0) is 23.7. The maximum atomic E-state index is 12.7. The fourth-order valence-electron chi connectivity index (χ4n) is 2.95. The van der Waals surface area contributed by atoms with Crippen LogP contribution in [0.25, 0.3) is 0 Å². The second kappa shape index (κ2) is 8.57. The molecule has 1 aliphatic heterocycles. The van der Waals surface area contributed by atoms with Gasteiger partial charge in [0, 0.05) is 12.7 Å². The zero-order valence-electron chi connectivity index (χ0n) is 16.5. The Labute approximate surface area is 180 Å². The predicted octanol–water partition coefficient (Wildman–Crippen LogP) is 2.52. The van der Waals surface area contributed by atoms with Crippen molar-refractivity contribution in [1.29, 1.82) is 0 Å². The molecule has 1 saturated heterocycles. The Morgan fingerprint density at radius 3 is 2.41 bits per heavy atom. The van der Waals surface area contributed by atoms with Crippen LogP contribution in [0, 0.1) is 0 Å². The van der Waals surface area contributed by atoms with Crippen LogP contribution in [0.15, 0.2) is 47.5 Å². The molecule has 2 heterocycles. The Balaban J connectivity index is 1.78. The van der Waals surface area contributed by atoms with Gasteiger partial charge in [-0.3, -0.25) is 4.79 Å². The van der Waals surface area contributed by atoms with Crippen LogP contribution in [-0.4, -0.2) is 54.9 Å². The maximum absolute atomic E-state index is 12.7. The number of nitrogens with zero attached hydrogens (tertiary/aromatic N) is 3. The van der Waals surface area contributed by atoms with E-state index in [9.17, 15) is 36.0 Å². The van der Waals surface area contributed by atoms with Crippen molar-refractivity contribution in [3.63, 3.8) is 0 Å². The number of esters is 1. The van der Waals surface area contributed by atoms with E-state index in [1.807, 2.05) is 0 Å². The van der Waals surface area contributed by atoms with Gasteiger partial charge in [-0.1, -0.05) is 0 Å². The van der Waals surface area contributed by atoms with E-state index in [-0.39, 0.29) is 31.1 Å². The van der Waals surface area contributed by atoms with E-state index in [0.29, 0.717) is 17.7 Å². The van der Waals surface area contributed by atoms with Crippen LogP contribution < -0.4 is 4.90 Å². The van der Waals surface area contributed by atoms with Crippen LogP contribution in [0.5, 0.6) is 0 Å². The summed E-state index contributed by atoms with van der Waals surface area (Å²) in [6.45, 7) is 1.42. The Kier molecular flexibility index (Phi) is 6.21. The highest BCUT2D eigenvalue weighted by atomic mass is 32.2. The van der Waals surface area contributed by atoms with Gasteiger partial charge in [0.1, 0.15) is 12.2 Å². The number of rotatable bonds is 6. The Morgan fingerprint density at radius 2 is 1.81 bits per heavy atom. The van der Waals surface area contributed by atoms with Crippen LogP contribution in [0.2, 0.25) is 0 Å². The van der Waals surface area contributed by atoms with E-state index in [2.05, 4.69) is 4.98 Å². The SMILES string of the molecule is CCOC(=O)c1cc(CN2CC(=O)N(c3ccc(S(=O)(=O)C(F)(F)F)cc3)C2=O)ccn1. The number of imide groups is 1. The summed E-state index contributed by atoms with van der Waals surface area (Å²) in [7, 11) is -5.55. The molecule has 1 fully saturated rings. The monoisotopic (exact) mass is 471 g/mol. The van der Waals surface area contributed by atoms with Crippen LogP contribution in [0.3, 0.4) is 0 Å². The first-order valence-corrected chi connectivity index (χ1v) is 10.6. The third-order valence-electron chi connectivity index (χ3n) is 4.43. The molecular weight excluding hydrogens is 455 g/mol. The maximum Gasteiger partial charge on any atom is 0.501 e. The second-order valence-electron chi connectivity index (χ2n) is 6.58. The number of sulfone groups is 1. The van der Waals surface area contributed by atoms with Gasteiger partial charge < -0.3 is 9.64 Å². The fraction of sp³-hybridized carbons (Fsp3) is 0.263. The van der Waals surface area contributed by atoms with E-state index in [4.69, 9.17) is 4.74 Å². The second-order valence-corrected chi connectivity index (χ2v) is 8.52. The summed E-state index contributed by atoms with van der Waals surface area (Å²) < 4.78 is 65.8. The number of urea groups is 1. The van der Waals surface area contributed by atoms with Crippen LogP contribution in [-0.2, 0) is 25.9 Å². The van der Waals surface area contributed by atoms with Gasteiger partial charge in [-0.15, -0.1) is 0 Å². The highest BCUT2D eigenvalue weighted by Gasteiger charge is 2.47. The Hall–Kier alpha value is -3.48. The number of ether oxygens (including phenoxy) is 1. The smallest absolute Gasteiger partial charge is 0.461 e. The molecule has 32 heavy (non-hydrogen) atoms. The average Bonchev–Trinajstić information content (AvgIpc) is 3.00. The van der Waals surface area contributed by atoms with E-state index in [1.54, 1.807) is 13.0 Å². The summed E-state index contributed by atoms with van der Waals surface area (Å²) in [5.41, 5.74) is -5.03. The van der Waals surface area contributed by atoms with Gasteiger partial charge >= 0.3 is 17.5 Å². The normalized spacial score (nSPS) is 14.8. The van der Waals surface area contributed by atoms with Gasteiger partial charge in [0.15, 0.2) is 0 Å². The molecule has 3 amide bonds. The van der Waals surface area contributed by atoms with Crippen LogP contribution in [0.1, 0.15) is 23.0 Å². The summed E-state index contributed by atoms with van der Waals surface area (Å²) in [6.07, 6.45) is 1.35. The zero-order valence-corrected chi connectivity index (χ0v) is 17.3. The molecule has 1 aliphatic rings. The first-order valence-electron chi connectivity index (χ1n) is 9.11. The van der Waals surface area contributed by atoms with Gasteiger partial charge in [0.05, 0.1) is 17.2 Å². The molecule has 170 valence electrons. The molecule has 0 atom stereocenters. The molecule has 0 aliphatic carbocycles. The lowest BCUT2D eigenvalue weighted by Gasteiger charge is -2.18. The summed E-state index contributed by atoms with van der Waals surface area (Å²) in [5.74, 6) is -1.30. The van der Waals surface area contributed by atoms with Crippen molar-refractivity contribution in [3.8, 4) is 0 Å². The minimum Gasteiger partial charge on any atom is -0.461 e. The highest BCUT2D eigenvalue weighted by Crippen LogP contribution is 2.32. The topological polar surface area (TPSA) is 114 Å². The van der Waals surface area contributed by atoms with Gasteiger partial charge in [0.2, 0.25) is 0 Å². The van der Waals surface area contributed by atoms with Crippen molar-refractivity contribution in [2.75, 3.05) is 18.1 Å². The summed E-state index contributed by atoms with van der Waals surface area (Å²) >= 11 is 0. The minimum absolute atomic E-state index is 0.0284. The third-order valence-corrected chi connectivity index (χ3v) is 5.93. The standard InChI is InChI=1S/C19H16F3N3O6S/c1-2-31-17(27)15-9-12(7-8-23-15)10-24-11-16(26)25(18(24)28)13-3-5-14(6-4-13)32(29,30)19(20,21)22/h3-9H,2,10-11H2,1H3. The Morgan fingerprint density at radius 1 is 1.16 bits per heavy atom. The number of carbonyl (C=O) groups excluding carboxylic acids is 3. The molecule has 2 aromatic rings. The molecule has 0 N–H and O–H groups in total. The number of aromatic nitrogens is 1. The van der Waals surface area contributed by atoms with Crippen molar-refractivity contribution < 1.29 is 40.7 Å².